The zero-order valence-electron chi connectivity index (χ0n) is 10.4. The highest BCUT2D eigenvalue weighted by atomic mass is 35.5. The molecule has 1 aromatic rings. The van der Waals surface area contributed by atoms with Crippen LogP contribution in [0, 0.1) is 0 Å². The Hall–Kier alpha value is -0.320. The molecule has 0 spiro atoms. The minimum atomic E-state index is 0. The summed E-state index contributed by atoms with van der Waals surface area (Å²) in [6, 6.07) is 0.755. The predicted octanol–water partition coefficient (Wildman–Crippen LogP) is 3.30. The SMILES string of the molecule is CN(Cc1cnc(N)s1)C1CCCCCC1.Cl. The summed E-state index contributed by atoms with van der Waals surface area (Å²) in [6.45, 7) is 1.000. The van der Waals surface area contributed by atoms with Crippen molar-refractivity contribution >= 4 is 28.9 Å². The number of hydrogen-bond acceptors (Lipinski definition) is 4. The van der Waals surface area contributed by atoms with Crippen LogP contribution in [0.4, 0.5) is 5.13 Å². The molecule has 1 heterocycles. The van der Waals surface area contributed by atoms with E-state index in [0.717, 1.165) is 12.6 Å². The summed E-state index contributed by atoms with van der Waals surface area (Å²) >= 11 is 1.61. The molecule has 0 atom stereocenters. The molecule has 17 heavy (non-hydrogen) atoms. The lowest BCUT2D eigenvalue weighted by Gasteiger charge is -2.26. The van der Waals surface area contributed by atoms with E-state index in [-0.39, 0.29) is 12.4 Å². The molecule has 5 heteroatoms. The lowest BCUT2D eigenvalue weighted by molar-refractivity contribution is 0.214. The minimum absolute atomic E-state index is 0. The van der Waals surface area contributed by atoms with Crippen molar-refractivity contribution in [1.29, 1.82) is 0 Å². The van der Waals surface area contributed by atoms with E-state index in [0.29, 0.717) is 5.13 Å². The zero-order chi connectivity index (χ0) is 11.4. The summed E-state index contributed by atoms with van der Waals surface area (Å²) in [5.74, 6) is 0. The van der Waals surface area contributed by atoms with Gasteiger partial charge in [0.25, 0.3) is 0 Å². The van der Waals surface area contributed by atoms with Crippen molar-refractivity contribution in [2.75, 3.05) is 12.8 Å². The summed E-state index contributed by atoms with van der Waals surface area (Å²) < 4.78 is 0. The van der Waals surface area contributed by atoms with Gasteiger partial charge in [-0.3, -0.25) is 4.90 Å². The monoisotopic (exact) mass is 275 g/mol. The fraction of sp³-hybridized carbons (Fsp3) is 0.750. The smallest absolute Gasteiger partial charge is 0.180 e. The molecule has 1 aliphatic carbocycles. The molecule has 0 radical (unpaired) electrons. The maximum absolute atomic E-state index is 5.65. The van der Waals surface area contributed by atoms with Crippen molar-refractivity contribution in [2.45, 2.75) is 51.1 Å². The largest absolute Gasteiger partial charge is 0.375 e. The van der Waals surface area contributed by atoms with Gasteiger partial charge in [0.05, 0.1) is 0 Å². The van der Waals surface area contributed by atoms with Crippen molar-refractivity contribution in [3.05, 3.63) is 11.1 Å². The van der Waals surface area contributed by atoms with Crippen molar-refractivity contribution in [3.8, 4) is 0 Å². The van der Waals surface area contributed by atoms with E-state index in [1.54, 1.807) is 11.3 Å². The van der Waals surface area contributed by atoms with Gasteiger partial charge >= 0.3 is 0 Å². The van der Waals surface area contributed by atoms with Crippen molar-refractivity contribution in [2.24, 2.45) is 0 Å². The Morgan fingerprint density at radius 1 is 1.35 bits per heavy atom. The number of nitrogens with zero attached hydrogens (tertiary/aromatic N) is 2. The predicted molar refractivity (Wildman–Crippen MR) is 76.7 cm³/mol. The van der Waals surface area contributed by atoms with Crippen LogP contribution in [-0.4, -0.2) is 23.0 Å². The van der Waals surface area contributed by atoms with Gasteiger partial charge < -0.3 is 5.73 Å². The van der Waals surface area contributed by atoms with E-state index in [1.807, 2.05) is 6.20 Å². The van der Waals surface area contributed by atoms with Gasteiger partial charge in [0.15, 0.2) is 5.13 Å². The Balaban J connectivity index is 0.00000144. The number of rotatable bonds is 3. The summed E-state index contributed by atoms with van der Waals surface area (Å²) in [7, 11) is 2.23. The highest BCUT2D eigenvalue weighted by Gasteiger charge is 2.17. The third-order valence-corrected chi connectivity index (χ3v) is 4.24. The number of nitrogens with two attached hydrogens (primary N) is 1. The molecule has 98 valence electrons. The summed E-state index contributed by atoms with van der Waals surface area (Å²) in [4.78, 5) is 7.86. The van der Waals surface area contributed by atoms with Crippen molar-refractivity contribution in [1.82, 2.24) is 9.88 Å². The first-order chi connectivity index (χ1) is 7.75. The molecule has 0 amide bonds. The molecule has 1 fully saturated rings. The zero-order valence-corrected chi connectivity index (χ0v) is 12.0. The Kier molecular flexibility index (Phi) is 6.23. The fourth-order valence-electron chi connectivity index (χ4n) is 2.47. The highest BCUT2D eigenvalue weighted by molar-refractivity contribution is 7.15. The van der Waals surface area contributed by atoms with Gasteiger partial charge in [0.2, 0.25) is 0 Å². The van der Waals surface area contributed by atoms with Gasteiger partial charge in [-0.2, -0.15) is 0 Å². The van der Waals surface area contributed by atoms with Crippen LogP contribution in [0.15, 0.2) is 6.20 Å². The number of thiazole rings is 1. The average Bonchev–Trinajstić information content (AvgIpc) is 2.56. The Bertz CT molecular complexity index is 321. The van der Waals surface area contributed by atoms with Crippen LogP contribution in [0.1, 0.15) is 43.4 Å². The van der Waals surface area contributed by atoms with Crippen LogP contribution in [0.2, 0.25) is 0 Å². The Morgan fingerprint density at radius 2 is 2.00 bits per heavy atom. The summed E-state index contributed by atoms with van der Waals surface area (Å²) in [5, 5.41) is 0.685. The summed E-state index contributed by atoms with van der Waals surface area (Å²) in [5.41, 5.74) is 5.65. The second-order valence-corrected chi connectivity index (χ2v) is 5.87. The fourth-order valence-corrected chi connectivity index (χ4v) is 3.22. The minimum Gasteiger partial charge on any atom is -0.375 e. The lowest BCUT2D eigenvalue weighted by atomic mass is 10.1. The van der Waals surface area contributed by atoms with Gasteiger partial charge in [-0.25, -0.2) is 4.98 Å². The highest BCUT2D eigenvalue weighted by Crippen LogP contribution is 2.23. The molecule has 0 aromatic carbocycles. The topological polar surface area (TPSA) is 42.2 Å². The molecule has 0 saturated heterocycles. The Labute approximate surface area is 114 Å². The first-order valence-electron chi connectivity index (χ1n) is 6.16. The molecular weight excluding hydrogens is 254 g/mol. The molecule has 2 rings (SSSR count). The number of nitrogen functional groups attached to an aromatic ring is 1. The normalized spacial score (nSPS) is 17.8. The van der Waals surface area contributed by atoms with Gasteiger partial charge in [-0.05, 0) is 19.9 Å². The second-order valence-electron chi connectivity index (χ2n) is 4.73. The third kappa shape index (κ3) is 4.45. The van der Waals surface area contributed by atoms with Gasteiger partial charge in [-0.15, -0.1) is 23.7 Å². The molecule has 0 bridgehead atoms. The standard InChI is InChI=1S/C12H21N3S.ClH/c1-15(9-11-8-14-12(13)16-11)10-6-4-2-3-5-7-10;/h8,10H,2-7,9H2,1H3,(H2,13,14);1H. The quantitative estimate of drug-likeness (QED) is 0.861. The lowest BCUT2D eigenvalue weighted by Crippen LogP contribution is -2.30. The van der Waals surface area contributed by atoms with Crippen LogP contribution >= 0.6 is 23.7 Å². The van der Waals surface area contributed by atoms with Crippen molar-refractivity contribution in [3.63, 3.8) is 0 Å². The maximum Gasteiger partial charge on any atom is 0.180 e. The molecule has 2 N–H and O–H groups in total. The van der Waals surface area contributed by atoms with Crippen LogP contribution in [0.5, 0.6) is 0 Å². The van der Waals surface area contributed by atoms with Gasteiger partial charge in [-0.1, -0.05) is 25.7 Å². The summed E-state index contributed by atoms with van der Waals surface area (Å²) in [6.07, 6.45) is 10.2. The van der Waals surface area contributed by atoms with Gasteiger partial charge in [0, 0.05) is 23.7 Å². The molecule has 0 unspecified atom stereocenters. The van der Waals surface area contributed by atoms with Crippen molar-refractivity contribution < 1.29 is 0 Å². The Morgan fingerprint density at radius 3 is 2.53 bits per heavy atom. The third-order valence-electron chi connectivity index (χ3n) is 3.42. The molecule has 0 aliphatic heterocycles. The number of aromatic nitrogens is 1. The first-order valence-corrected chi connectivity index (χ1v) is 6.98. The van der Waals surface area contributed by atoms with E-state index in [1.165, 1.54) is 43.4 Å². The molecule has 1 aliphatic rings. The molecule has 3 nitrogen and oxygen atoms in total. The van der Waals surface area contributed by atoms with E-state index in [2.05, 4.69) is 16.9 Å². The number of hydrogen-bond donors (Lipinski definition) is 1. The van der Waals surface area contributed by atoms with Crippen LogP contribution in [0.25, 0.3) is 0 Å². The number of halogens is 1. The van der Waals surface area contributed by atoms with Crippen LogP contribution < -0.4 is 5.73 Å². The van der Waals surface area contributed by atoms with Gasteiger partial charge in [0.1, 0.15) is 0 Å². The second kappa shape index (κ2) is 7.19. The molecule has 1 aromatic heterocycles. The molecule has 1 saturated carbocycles. The average molecular weight is 276 g/mol. The molecular formula is C12H22ClN3S. The van der Waals surface area contributed by atoms with E-state index in [4.69, 9.17) is 5.73 Å². The number of anilines is 1. The van der Waals surface area contributed by atoms with E-state index in [9.17, 15) is 0 Å². The van der Waals surface area contributed by atoms with E-state index >= 15 is 0 Å². The van der Waals surface area contributed by atoms with Crippen LogP contribution in [0.3, 0.4) is 0 Å². The first kappa shape index (κ1) is 14.7. The van der Waals surface area contributed by atoms with Crippen LogP contribution in [-0.2, 0) is 6.54 Å². The maximum atomic E-state index is 5.65. The van der Waals surface area contributed by atoms with E-state index < -0.39 is 0 Å².